The fourth-order valence-corrected chi connectivity index (χ4v) is 4.50. The minimum atomic E-state index is -1.62. The predicted octanol–water partition coefficient (Wildman–Crippen LogP) is 2.34. The van der Waals surface area contributed by atoms with Gasteiger partial charge in [0.1, 0.15) is 17.5 Å². The van der Waals surface area contributed by atoms with Crippen molar-refractivity contribution in [2.45, 2.75) is 57.3 Å². The summed E-state index contributed by atoms with van der Waals surface area (Å²) in [6.45, 7) is 4.32. The molecule has 1 aliphatic heterocycles. The van der Waals surface area contributed by atoms with Crippen LogP contribution in [-0.2, 0) is 10.4 Å². The van der Waals surface area contributed by atoms with E-state index in [4.69, 9.17) is 0 Å². The Bertz CT molecular complexity index is 1070. The minimum absolute atomic E-state index is 0.0858. The number of hydrogen-bond donors (Lipinski definition) is 5. The topological polar surface area (TPSA) is 143 Å². The van der Waals surface area contributed by atoms with Gasteiger partial charge in [-0.2, -0.15) is 10.2 Å². The third kappa shape index (κ3) is 4.11. The predicted molar refractivity (Wildman–Crippen MR) is 120 cm³/mol. The van der Waals surface area contributed by atoms with E-state index in [9.17, 15) is 20.3 Å². The third-order valence-electron chi connectivity index (χ3n) is 6.48. The van der Waals surface area contributed by atoms with E-state index in [2.05, 4.69) is 32.0 Å². The number of nitrogens with zero attached hydrogens (tertiary/aromatic N) is 3. The summed E-state index contributed by atoms with van der Waals surface area (Å²) in [7, 11) is 0. The SMILES string of the molecule is CC1(C)C[C@H](Nc2nc(NCCC3(O)C(=O)Nc4ccccc43)ncc2C#N)CC[C@@H]1O. The first-order valence-electron chi connectivity index (χ1n) is 10.8. The molecule has 2 aromatic rings. The maximum Gasteiger partial charge on any atom is 0.261 e. The number of aliphatic hydroxyl groups is 2. The lowest BCUT2D eigenvalue weighted by Crippen LogP contribution is -2.41. The lowest BCUT2D eigenvalue weighted by molar-refractivity contribution is -0.134. The van der Waals surface area contributed by atoms with Crippen LogP contribution >= 0.6 is 0 Å². The molecule has 0 radical (unpaired) electrons. The van der Waals surface area contributed by atoms with Gasteiger partial charge in [0.2, 0.25) is 5.95 Å². The molecule has 1 amide bonds. The highest BCUT2D eigenvalue weighted by molar-refractivity contribution is 6.04. The fraction of sp³-hybridized carbons (Fsp3) is 0.478. The van der Waals surface area contributed by atoms with Crippen molar-refractivity contribution in [3.63, 3.8) is 0 Å². The van der Waals surface area contributed by atoms with Crippen LogP contribution in [0.1, 0.15) is 50.7 Å². The van der Waals surface area contributed by atoms with Gasteiger partial charge in [0.25, 0.3) is 5.91 Å². The first kappa shape index (κ1) is 22.0. The van der Waals surface area contributed by atoms with E-state index in [0.29, 0.717) is 35.0 Å². The Labute approximate surface area is 186 Å². The van der Waals surface area contributed by atoms with E-state index >= 15 is 0 Å². The Morgan fingerprint density at radius 1 is 1.31 bits per heavy atom. The molecule has 2 heterocycles. The Morgan fingerprint density at radius 2 is 2.09 bits per heavy atom. The number of amides is 1. The van der Waals surface area contributed by atoms with Gasteiger partial charge in [0, 0.05) is 30.3 Å². The molecule has 1 aromatic heterocycles. The van der Waals surface area contributed by atoms with Gasteiger partial charge in [-0.1, -0.05) is 32.0 Å². The van der Waals surface area contributed by atoms with Gasteiger partial charge in [-0.15, -0.1) is 0 Å². The molecule has 1 fully saturated rings. The van der Waals surface area contributed by atoms with Crippen molar-refractivity contribution in [1.29, 1.82) is 5.26 Å². The maximum atomic E-state index is 12.3. The lowest BCUT2D eigenvalue weighted by atomic mass is 9.73. The minimum Gasteiger partial charge on any atom is -0.393 e. The van der Waals surface area contributed by atoms with E-state index in [1.165, 1.54) is 6.20 Å². The summed E-state index contributed by atoms with van der Waals surface area (Å²) >= 11 is 0. The lowest BCUT2D eigenvalue weighted by Gasteiger charge is -2.40. The molecular formula is C23H28N6O3. The maximum absolute atomic E-state index is 12.3. The van der Waals surface area contributed by atoms with Gasteiger partial charge in [0.15, 0.2) is 5.60 Å². The summed E-state index contributed by atoms with van der Waals surface area (Å²) in [6.07, 6.45) is 3.47. The molecule has 1 saturated carbocycles. The number of aliphatic hydroxyl groups excluding tert-OH is 1. The highest BCUT2D eigenvalue weighted by Gasteiger charge is 2.44. The zero-order valence-corrected chi connectivity index (χ0v) is 18.2. The van der Waals surface area contributed by atoms with Crippen LogP contribution < -0.4 is 16.0 Å². The van der Waals surface area contributed by atoms with Crippen molar-refractivity contribution in [3.05, 3.63) is 41.6 Å². The second-order valence-electron chi connectivity index (χ2n) is 9.23. The van der Waals surface area contributed by atoms with E-state index in [0.717, 1.165) is 12.8 Å². The van der Waals surface area contributed by atoms with Crippen molar-refractivity contribution < 1.29 is 15.0 Å². The van der Waals surface area contributed by atoms with Crippen molar-refractivity contribution in [3.8, 4) is 6.07 Å². The number of carbonyl (C=O) groups excluding carboxylic acids is 1. The molecule has 0 bridgehead atoms. The van der Waals surface area contributed by atoms with Crippen LogP contribution in [0.25, 0.3) is 0 Å². The molecule has 3 atom stereocenters. The van der Waals surface area contributed by atoms with Crippen molar-refractivity contribution in [2.24, 2.45) is 5.41 Å². The zero-order chi connectivity index (χ0) is 22.9. The summed E-state index contributed by atoms with van der Waals surface area (Å²) in [5, 5.41) is 39.7. The summed E-state index contributed by atoms with van der Waals surface area (Å²) in [5.74, 6) is 0.285. The van der Waals surface area contributed by atoms with Crippen LogP contribution in [0.5, 0.6) is 0 Å². The standard InChI is InChI=1S/C23H28N6O3/c1-22(2)11-15(7-8-18(22)30)27-19-14(12-24)13-26-21(29-19)25-10-9-23(32)16-5-3-4-6-17(16)28-20(23)31/h3-6,13,15,18,30,32H,7-11H2,1-2H3,(H,28,31)(H2,25,26,27,29)/t15-,18+,23?/m1/s1. The van der Waals surface area contributed by atoms with Crippen molar-refractivity contribution in [2.75, 3.05) is 22.5 Å². The number of nitriles is 1. The monoisotopic (exact) mass is 436 g/mol. The van der Waals surface area contributed by atoms with Gasteiger partial charge in [-0.25, -0.2) is 4.98 Å². The molecule has 1 aromatic carbocycles. The van der Waals surface area contributed by atoms with E-state index in [1.54, 1.807) is 24.3 Å². The number of fused-ring (bicyclic) bond motifs is 1. The number of anilines is 3. The summed E-state index contributed by atoms with van der Waals surface area (Å²) in [5.41, 5.74) is -0.336. The Kier molecular flexibility index (Phi) is 5.75. The summed E-state index contributed by atoms with van der Waals surface area (Å²) in [6, 6.07) is 9.27. The molecule has 168 valence electrons. The van der Waals surface area contributed by atoms with E-state index in [-0.39, 0.29) is 30.5 Å². The van der Waals surface area contributed by atoms with Gasteiger partial charge in [-0.05, 0) is 30.7 Å². The summed E-state index contributed by atoms with van der Waals surface area (Å²) < 4.78 is 0. The van der Waals surface area contributed by atoms with Crippen LogP contribution in [0.2, 0.25) is 0 Å². The molecule has 9 nitrogen and oxygen atoms in total. The van der Waals surface area contributed by atoms with Crippen molar-refractivity contribution in [1.82, 2.24) is 9.97 Å². The number of hydrogen-bond acceptors (Lipinski definition) is 8. The smallest absolute Gasteiger partial charge is 0.261 e. The largest absolute Gasteiger partial charge is 0.393 e. The van der Waals surface area contributed by atoms with Crippen LogP contribution in [0.3, 0.4) is 0 Å². The van der Waals surface area contributed by atoms with Gasteiger partial charge in [0.05, 0.1) is 12.3 Å². The van der Waals surface area contributed by atoms with Gasteiger partial charge in [-0.3, -0.25) is 4.79 Å². The normalized spacial score (nSPS) is 26.0. The number of aromatic nitrogens is 2. The molecule has 0 spiro atoms. The molecule has 2 aliphatic rings. The molecule has 32 heavy (non-hydrogen) atoms. The Hall–Kier alpha value is -3.22. The summed E-state index contributed by atoms with van der Waals surface area (Å²) in [4.78, 5) is 21.0. The molecule has 1 aliphatic carbocycles. The highest BCUT2D eigenvalue weighted by Crippen LogP contribution is 2.38. The molecule has 5 N–H and O–H groups in total. The highest BCUT2D eigenvalue weighted by atomic mass is 16.3. The first-order valence-corrected chi connectivity index (χ1v) is 10.8. The number of nitrogens with one attached hydrogen (secondary N) is 3. The molecular weight excluding hydrogens is 408 g/mol. The second-order valence-corrected chi connectivity index (χ2v) is 9.23. The van der Waals surface area contributed by atoms with Crippen LogP contribution in [0, 0.1) is 16.7 Å². The second kappa shape index (κ2) is 8.37. The number of para-hydroxylation sites is 1. The molecule has 9 heteroatoms. The van der Waals surface area contributed by atoms with Gasteiger partial charge < -0.3 is 26.2 Å². The number of benzene rings is 1. The number of rotatable bonds is 6. The molecule has 1 unspecified atom stereocenters. The molecule has 0 saturated heterocycles. The Balaban J connectivity index is 1.43. The first-order chi connectivity index (χ1) is 15.2. The number of carbonyl (C=O) groups is 1. The van der Waals surface area contributed by atoms with Gasteiger partial charge >= 0.3 is 0 Å². The van der Waals surface area contributed by atoms with Crippen molar-refractivity contribution >= 4 is 23.4 Å². The van der Waals surface area contributed by atoms with E-state index in [1.807, 2.05) is 13.8 Å². The quantitative estimate of drug-likeness (QED) is 0.464. The fourth-order valence-electron chi connectivity index (χ4n) is 4.50. The van der Waals surface area contributed by atoms with Crippen LogP contribution in [-0.4, -0.2) is 44.8 Å². The zero-order valence-electron chi connectivity index (χ0n) is 18.2. The average Bonchev–Trinajstić information content (AvgIpc) is 3.01. The average molecular weight is 437 g/mol. The van der Waals surface area contributed by atoms with E-state index < -0.39 is 11.5 Å². The Morgan fingerprint density at radius 3 is 2.84 bits per heavy atom. The van der Waals surface area contributed by atoms with Crippen LogP contribution in [0.4, 0.5) is 17.5 Å². The molecule has 4 rings (SSSR count). The third-order valence-corrected chi connectivity index (χ3v) is 6.48. The van der Waals surface area contributed by atoms with Crippen LogP contribution in [0.15, 0.2) is 30.5 Å².